The summed E-state index contributed by atoms with van der Waals surface area (Å²) >= 11 is 1.72. The molecule has 21 heavy (non-hydrogen) atoms. The first kappa shape index (κ1) is 13.0. The number of hydrogen-bond acceptors (Lipinski definition) is 3. The van der Waals surface area contributed by atoms with Gasteiger partial charge in [0.1, 0.15) is 5.01 Å². The third-order valence-electron chi connectivity index (χ3n) is 4.39. The highest BCUT2D eigenvalue weighted by Crippen LogP contribution is 2.35. The van der Waals surface area contributed by atoms with E-state index in [0.29, 0.717) is 12.1 Å². The van der Waals surface area contributed by atoms with Gasteiger partial charge in [0.15, 0.2) is 0 Å². The number of benzene rings is 1. The third-order valence-corrected chi connectivity index (χ3v) is 5.35. The predicted molar refractivity (Wildman–Crippen MR) is 87.6 cm³/mol. The number of aromatic amines is 1. The van der Waals surface area contributed by atoms with E-state index < -0.39 is 0 Å². The number of H-pyrrole nitrogens is 1. The van der Waals surface area contributed by atoms with E-state index in [1.54, 1.807) is 11.3 Å². The number of aryl methyl sites for hydroxylation is 1. The lowest BCUT2D eigenvalue weighted by Crippen LogP contribution is -2.27. The average molecular weight is 297 g/mol. The minimum absolute atomic E-state index is 0.298. The summed E-state index contributed by atoms with van der Waals surface area (Å²) < 4.78 is 0. The first-order valence-electron chi connectivity index (χ1n) is 7.58. The van der Waals surface area contributed by atoms with Gasteiger partial charge in [0.25, 0.3) is 0 Å². The second-order valence-corrected chi connectivity index (χ2v) is 6.69. The van der Waals surface area contributed by atoms with E-state index in [4.69, 9.17) is 0 Å². The summed E-state index contributed by atoms with van der Waals surface area (Å²) in [6, 6.07) is 9.34. The molecule has 0 saturated carbocycles. The van der Waals surface area contributed by atoms with Crippen molar-refractivity contribution in [3.05, 3.63) is 52.1 Å². The van der Waals surface area contributed by atoms with Crippen LogP contribution < -0.4 is 5.32 Å². The largest absolute Gasteiger partial charge is 0.357 e. The SMILES string of the molecule is CC(NC1CCCc2c1[nH]c1ccccc21)c1nccs1. The lowest BCUT2D eigenvalue weighted by atomic mass is 9.91. The Balaban J connectivity index is 1.67. The van der Waals surface area contributed by atoms with Gasteiger partial charge in [-0.1, -0.05) is 18.2 Å². The van der Waals surface area contributed by atoms with Gasteiger partial charge in [0.05, 0.1) is 6.04 Å². The summed E-state index contributed by atoms with van der Waals surface area (Å²) in [7, 11) is 0. The lowest BCUT2D eigenvalue weighted by molar-refractivity contribution is 0.409. The van der Waals surface area contributed by atoms with E-state index in [1.807, 2.05) is 11.6 Å². The normalized spacial score (nSPS) is 19.6. The molecule has 0 saturated heterocycles. The Morgan fingerprint density at radius 3 is 3.14 bits per heavy atom. The molecule has 0 amide bonds. The van der Waals surface area contributed by atoms with E-state index in [0.717, 1.165) is 0 Å². The van der Waals surface area contributed by atoms with E-state index in [1.165, 1.54) is 46.4 Å². The zero-order valence-corrected chi connectivity index (χ0v) is 12.9. The molecule has 2 unspecified atom stereocenters. The number of fused-ring (bicyclic) bond motifs is 3. The maximum Gasteiger partial charge on any atom is 0.109 e. The van der Waals surface area contributed by atoms with Gasteiger partial charge in [-0.3, -0.25) is 5.32 Å². The standard InChI is InChI=1S/C17H19N3S/c1-11(17-18-9-10-21-17)19-15-8-4-6-13-12-5-2-3-7-14(12)20-16(13)15/h2-3,5,7,9-11,15,19-20H,4,6,8H2,1H3. The van der Waals surface area contributed by atoms with Crippen LogP contribution >= 0.6 is 11.3 Å². The fraction of sp³-hybridized carbons (Fsp3) is 0.353. The Morgan fingerprint density at radius 1 is 1.38 bits per heavy atom. The monoisotopic (exact) mass is 297 g/mol. The van der Waals surface area contributed by atoms with E-state index in [9.17, 15) is 0 Å². The van der Waals surface area contributed by atoms with Crippen LogP contribution in [0.15, 0.2) is 35.8 Å². The first-order chi connectivity index (χ1) is 10.3. The predicted octanol–water partition coefficient (Wildman–Crippen LogP) is 4.35. The summed E-state index contributed by atoms with van der Waals surface area (Å²) in [4.78, 5) is 8.06. The minimum atomic E-state index is 0.298. The highest BCUT2D eigenvalue weighted by atomic mass is 32.1. The van der Waals surface area contributed by atoms with E-state index in [2.05, 4.69) is 46.5 Å². The van der Waals surface area contributed by atoms with Crippen molar-refractivity contribution in [2.45, 2.75) is 38.3 Å². The summed E-state index contributed by atoms with van der Waals surface area (Å²) in [5.41, 5.74) is 4.14. The van der Waals surface area contributed by atoms with Crippen LogP contribution in [0, 0.1) is 0 Å². The van der Waals surface area contributed by atoms with Crippen LogP contribution in [0.5, 0.6) is 0 Å². The number of nitrogens with one attached hydrogen (secondary N) is 2. The topological polar surface area (TPSA) is 40.7 Å². The van der Waals surface area contributed by atoms with E-state index in [-0.39, 0.29) is 0 Å². The zero-order valence-electron chi connectivity index (χ0n) is 12.1. The molecule has 3 aromatic rings. The van der Waals surface area contributed by atoms with Crippen molar-refractivity contribution in [2.24, 2.45) is 0 Å². The molecule has 3 nitrogen and oxygen atoms in total. The van der Waals surface area contributed by atoms with Crippen LogP contribution in [-0.4, -0.2) is 9.97 Å². The number of thiazole rings is 1. The maximum atomic E-state index is 4.43. The van der Waals surface area contributed by atoms with Gasteiger partial charge in [0, 0.05) is 34.2 Å². The highest BCUT2D eigenvalue weighted by Gasteiger charge is 2.25. The van der Waals surface area contributed by atoms with Gasteiger partial charge in [-0.25, -0.2) is 4.98 Å². The van der Waals surface area contributed by atoms with Gasteiger partial charge in [-0.15, -0.1) is 11.3 Å². The number of aromatic nitrogens is 2. The fourth-order valence-corrected chi connectivity index (χ4v) is 4.06. The smallest absolute Gasteiger partial charge is 0.109 e. The van der Waals surface area contributed by atoms with Crippen LogP contribution in [-0.2, 0) is 6.42 Å². The molecule has 1 aliphatic rings. The van der Waals surface area contributed by atoms with Crippen LogP contribution in [0.2, 0.25) is 0 Å². The quantitative estimate of drug-likeness (QED) is 0.754. The zero-order chi connectivity index (χ0) is 14.2. The van der Waals surface area contributed by atoms with Crippen LogP contribution in [0.25, 0.3) is 10.9 Å². The Hall–Kier alpha value is -1.65. The number of rotatable bonds is 3. The summed E-state index contributed by atoms with van der Waals surface area (Å²) in [5.74, 6) is 0. The first-order valence-corrected chi connectivity index (χ1v) is 8.46. The van der Waals surface area contributed by atoms with Crippen LogP contribution in [0.1, 0.15) is 48.1 Å². The molecule has 1 aliphatic carbocycles. The van der Waals surface area contributed by atoms with Gasteiger partial charge < -0.3 is 4.98 Å². The molecule has 2 aromatic heterocycles. The molecule has 4 heteroatoms. The Kier molecular flexibility index (Phi) is 3.28. The second-order valence-electron chi connectivity index (χ2n) is 5.77. The highest BCUT2D eigenvalue weighted by molar-refractivity contribution is 7.09. The second kappa shape index (κ2) is 5.28. The van der Waals surface area contributed by atoms with Gasteiger partial charge in [-0.05, 0) is 37.8 Å². The fourth-order valence-electron chi connectivity index (χ4n) is 3.40. The molecule has 0 radical (unpaired) electrons. The Labute approximate surface area is 128 Å². The average Bonchev–Trinajstić information content (AvgIpc) is 3.15. The van der Waals surface area contributed by atoms with Crippen molar-refractivity contribution in [3.63, 3.8) is 0 Å². The van der Waals surface area contributed by atoms with Crippen molar-refractivity contribution >= 4 is 22.2 Å². The molecule has 4 rings (SSSR count). The van der Waals surface area contributed by atoms with Gasteiger partial charge in [0.2, 0.25) is 0 Å². The van der Waals surface area contributed by atoms with Gasteiger partial charge in [-0.2, -0.15) is 0 Å². The minimum Gasteiger partial charge on any atom is -0.357 e. The molecular weight excluding hydrogens is 278 g/mol. The van der Waals surface area contributed by atoms with Gasteiger partial charge >= 0.3 is 0 Å². The summed E-state index contributed by atoms with van der Waals surface area (Å²) in [6.07, 6.45) is 5.50. The van der Waals surface area contributed by atoms with E-state index >= 15 is 0 Å². The molecule has 0 fully saturated rings. The van der Waals surface area contributed by atoms with Crippen molar-refractivity contribution in [1.29, 1.82) is 0 Å². The summed E-state index contributed by atoms with van der Waals surface area (Å²) in [6.45, 7) is 2.20. The van der Waals surface area contributed by atoms with Crippen molar-refractivity contribution in [1.82, 2.24) is 15.3 Å². The maximum absolute atomic E-state index is 4.43. The number of hydrogen-bond donors (Lipinski definition) is 2. The van der Waals surface area contributed by atoms with Crippen molar-refractivity contribution in [3.8, 4) is 0 Å². The molecule has 2 N–H and O–H groups in total. The molecule has 0 aliphatic heterocycles. The summed E-state index contributed by atoms with van der Waals surface area (Å²) in [5, 5.41) is 8.35. The Bertz CT molecular complexity index is 745. The number of nitrogens with zero attached hydrogens (tertiary/aromatic N) is 1. The lowest BCUT2D eigenvalue weighted by Gasteiger charge is -2.26. The number of para-hydroxylation sites is 1. The Morgan fingerprint density at radius 2 is 2.29 bits per heavy atom. The molecule has 0 bridgehead atoms. The van der Waals surface area contributed by atoms with Crippen LogP contribution in [0.3, 0.4) is 0 Å². The molecule has 2 heterocycles. The van der Waals surface area contributed by atoms with Crippen molar-refractivity contribution < 1.29 is 0 Å². The molecule has 0 spiro atoms. The molecule has 108 valence electrons. The molecular formula is C17H19N3S. The molecule has 2 atom stereocenters. The molecule has 1 aromatic carbocycles. The third kappa shape index (κ3) is 2.28. The van der Waals surface area contributed by atoms with Crippen LogP contribution in [0.4, 0.5) is 0 Å². The van der Waals surface area contributed by atoms with Crippen molar-refractivity contribution in [2.75, 3.05) is 0 Å².